The first kappa shape index (κ1) is 21.0. The van der Waals surface area contributed by atoms with E-state index in [1.54, 1.807) is 26.4 Å². The number of hydrogen-bond donors (Lipinski definition) is 2. The molecule has 1 aromatic carbocycles. The number of benzene rings is 1. The molecule has 2 N–H and O–H groups in total. The second-order valence-corrected chi connectivity index (χ2v) is 7.19. The molecule has 32 heavy (non-hydrogen) atoms. The first-order chi connectivity index (χ1) is 15.5. The van der Waals surface area contributed by atoms with E-state index in [0.717, 1.165) is 16.9 Å². The van der Waals surface area contributed by atoms with Crippen molar-refractivity contribution in [2.45, 2.75) is 20.4 Å². The van der Waals surface area contributed by atoms with Gasteiger partial charge in [-0.25, -0.2) is 15.0 Å². The van der Waals surface area contributed by atoms with Crippen LogP contribution in [-0.2, 0) is 6.54 Å². The zero-order chi connectivity index (χ0) is 22.5. The van der Waals surface area contributed by atoms with E-state index in [2.05, 4.69) is 25.3 Å². The standard InChI is InChI=1S/C24H23N5O3/c1-15-16(2)28-23(29-24(15)30)18-4-9-21(27-14-18)26-13-17-10-11-25-22(12-17)32-20-7-5-19(31-3)6-8-20/h4-12,14H,13H2,1-3H3,(H,26,27)(H,28,29,30). The highest BCUT2D eigenvalue weighted by atomic mass is 16.5. The van der Waals surface area contributed by atoms with Gasteiger partial charge in [-0.3, -0.25) is 4.79 Å². The lowest BCUT2D eigenvalue weighted by Crippen LogP contribution is -2.14. The van der Waals surface area contributed by atoms with Crippen molar-refractivity contribution in [3.05, 3.63) is 88.1 Å². The summed E-state index contributed by atoms with van der Waals surface area (Å²) in [6.07, 6.45) is 3.38. The number of hydrogen-bond acceptors (Lipinski definition) is 7. The topological polar surface area (TPSA) is 102 Å². The van der Waals surface area contributed by atoms with E-state index in [1.165, 1.54) is 0 Å². The number of H-pyrrole nitrogens is 1. The number of anilines is 1. The molecular weight excluding hydrogens is 406 g/mol. The highest BCUT2D eigenvalue weighted by molar-refractivity contribution is 5.56. The number of pyridine rings is 2. The minimum Gasteiger partial charge on any atom is -0.497 e. The fraction of sp³-hybridized carbons (Fsp3) is 0.167. The molecule has 0 bridgehead atoms. The highest BCUT2D eigenvalue weighted by Crippen LogP contribution is 2.23. The maximum atomic E-state index is 12.0. The van der Waals surface area contributed by atoms with Gasteiger partial charge in [-0.05, 0) is 61.9 Å². The Balaban J connectivity index is 1.40. The Hall–Kier alpha value is -4.20. The van der Waals surface area contributed by atoms with Crippen molar-refractivity contribution in [1.82, 2.24) is 19.9 Å². The Kier molecular flexibility index (Phi) is 6.12. The number of rotatable bonds is 7. The smallest absolute Gasteiger partial charge is 0.254 e. The Morgan fingerprint density at radius 1 is 1.00 bits per heavy atom. The number of nitrogens with zero attached hydrogens (tertiary/aromatic N) is 3. The van der Waals surface area contributed by atoms with Crippen molar-refractivity contribution in [2.24, 2.45) is 0 Å². The van der Waals surface area contributed by atoms with E-state index >= 15 is 0 Å². The molecule has 0 radical (unpaired) electrons. The minimum atomic E-state index is -0.139. The molecule has 0 spiro atoms. The van der Waals surface area contributed by atoms with Crippen LogP contribution < -0.4 is 20.3 Å². The summed E-state index contributed by atoms with van der Waals surface area (Å²) in [6, 6.07) is 14.8. The van der Waals surface area contributed by atoms with Crippen LogP contribution in [0.25, 0.3) is 11.4 Å². The van der Waals surface area contributed by atoms with Crippen LogP contribution in [0.5, 0.6) is 17.4 Å². The Morgan fingerprint density at radius 3 is 2.47 bits per heavy atom. The molecule has 0 saturated heterocycles. The van der Waals surface area contributed by atoms with Crippen LogP contribution in [0.15, 0.2) is 65.7 Å². The average Bonchev–Trinajstić information content (AvgIpc) is 2.82. The first-order valence-electron chi connectivity index (χ1n) is 10.1. The highest BCUT2D eigenvalue weighted by Gasteiger charge is 2.07. The molecule has 0 fully saturated rings. The quantitative estimate of drug-likeness (QED) is 0.453. The number of aromatic amines is 1. The molecule has 4 rings (SSSR count). The normalized spacial score (nSPS) is 10.6. The maximum absolute atomic E-state index is 12.0. The molecule has 8 nitrogen and oxygen atoms in total. The average molecular weight is 429 g/mol. The van der Waals surface area contributed by atoms with Crippen LogP contribution in [0.2, 0.25) is 0 Å². The molecule has 0 aliphatic carbocycles. The van der Waals surface area contributed by atoms with Crippen molar-refractivity contribution in [3.63, 3.8) is 0 Å². The van der Waals surface area contributed by atoms with Crippen LogP contribution in [-0.4, -0.2) is 27.0 Å². The first-order valence-corrected chi connectivity index (χ1v) is 10.1. The lowest BCUT2D eigenvalue weighted by Gasteiger charge is -2.09. The largest absolute Gasteiger partial charge is 0.497 e. The molecule has 0 saturated carbocycles. The van der Waals surface area contributed by atoms with Crippen LogP contribution >= 0.6 is 0 Å². The molecule has 162 valence electrons. The number of ether oxygens (including phenoxy) is 2. The SMILES string of the molecule is COc1ccc(Oc2cc(CNc3ccc(-c4nc(C)c(C)c(=O)[nH]4)cn3)ccn2)cc1. The number of aryl methyl sites for hydroxylation is 1. The summed E-state index contributed by atoms with van der Waals surface area (Å²) in [4.78, 5) is 27.9. The lowest BCUT2D eigenvalue weighted by molar-refractivity contribution is 0.412. The van der Waals surface area contributed by atoms with Crippen LogP contribution in [0.4, 0.5) is 5.82 Å². The van der Waals surface area contributed by atoms with Gasteiger partial charge in [0.2, 0.25) is 5.88 Å². The third-order valence-corrected chi connectivity index (χ3v) is 4.99. The van der Waals surface area contributed by atoms with Gasteiger partial charge in [0, 0.05) is 41.8 Å². The third-order valence-electron chi connectivity index (χ3n) is 4.99. The van der Waals surface area contributed by atoms with Crippen molar-refractivity contribution in [2.75, 3.05) is 12.4 Å². The van der Waals surface area contributed by atoms with Crippen molar-refractivity contribution in [3.8, 4) is 28.8 Å². The monoisotopic (exact) mass is 429 g/mol. The van der Waals surface area contributed by atoms with Crippen molar-refractivity contribution in [1.29, 1.82) is 0 Å². The summed E-state index contributed by atoms with van der Waals surface area (Å²) in [6.45, 7) is 4.12. The zero-order valence-corrected chi connectivity index (χ0v) is 18.0. The van der Waals surface area contributed by atoms with Gasteiger partial charge in [-0.1, -0.05) is 0 Å². The summed E-state index contributed by atoms with van der Waals surface area (Å²) in [5.41, 5.74) is 2.92. The van der Waals surface area contributed by atoms with E-state index in [4.69, 9.17) is 9.47 Å². The summed E-state index contributed by atoms with van der Waals surface area (Å²) in [5.74, 6) is 3.16. The molecule has 0 atom stereocenters. The second-order valence-electron chi connectivity index (χ2n) is 7.19. The summed E-state index contributed by atoms with van der Waals surface area (Å²) in [5, 5.41) is 3.27. The van der Waals surface area contributed by atoms with Gasteiger partial charge >= 0.3 is 0 Å². The molecule has 8 heteroatoms. The summed E-state index contributed by atoms with van der Waals surface area (Å²) < 4.78 is 11.0. The van der Waals surface area contributed by atoms with Crippen LogP contribution in [0, 0.1) is 13.8 Å². The number of nitrogens with one attached hydrogen (secondary N) is 2. The molecule has 0 aliphatic heterocycles. The van der Waals surface area contributed by atoms with Crippen molar-refractivity contribution >= 4 is 5.82 Å². The van der Waals surface area contributed by atoms with Crippen molar-refractivity contribution < 1.29 is 9.47 Å². The lowest BCUT2D eigenvalue weighted by atomic mass is 10.2. The number of methoxy groups -OCH3 is 1. The van der Waals surface area contributed by atoms with E-state index in [0.29, 0.717) is 41.1 Å². The van der Waals surface area contributed by atoms with Gasteiger partial charge in [-0.15, -0.1) is 0 Å². The molecular formula is C24H23N5O3. The fourth-order valence-electron chi connectivity index (χ4n) is 2.99. The zero-order valence-electron chi connectivity index (χ0n) is 18.0. The molecule has 0 aliphatic rings. The Morgan fingerprint density at radius 2 is 1.78 bits per heavy atom. The van der Waals surface area contributed by atoms with E-state index in [1.807, 2.05) is 55.5 Å². The van der Waals surface area contributed by atoms with E-state index < -0.39 is 0 Å². The van der Waals surface area contributed by atoms with Crippen LogP contribution in [0.1, 0.15) is 16.8 Å². The van der Waals surface area contributed by atoms with E-state index in [-0.39, 0.29) is 5.56 Å². The van der Waals surface area contributed by atoms with Gasteiger partial charge < -0.3 is 19.8 Å². The van der Waals surface area contributed by atoms with Gasteiger partial charge in [0.1, 0.15) is 23.1 Å². The maximum Gasteiger partial charge on any atom is 0.254 e. The number of aromatic nitrogens is 4. The van der Waals surface area contributed by atoms with Gasteiger partial charge in [0.05, 0.1) is 7.11 Å². The van der Waals surface area contributed by atoms with E-state index in [9.17, 15) is 4.79 Å². The van der Waals surface area contributed by atoms with Crippen LogP contribution in [0.3, 0.4) is 0 Å². The predicted octanol–water partition coefficient (Wildman–Crippen LogP) is 4.26. The van der Waals surface area contributed by atoms with Gasteiger partial charge in [0.25, 0.3) is 5.56 Å². The predicted molar refractivity (Wildman–Crippen MR) is 122 cm³/mol. The minimum absolute atomic E-state index is 0.139. The summed E-state index contributed by atoms with van der Waals surface area (Å²) >= 11 is 0. The molecule has 3 aromatic heterocycles. The Bertz CT molecular complexity index is 1270. The molecule has 0 unspecified atom stereocenters. The third kappa shape index (κ3) is 4.92. The molecule has 0 amide bonds. The molecule has 3 heterocycles. The molecule has 4 aromatic rings. The van der Waals surface area contributed by atoms with Gasteiger partial charge in [0.15, 0.2) is 0 Å². The second kappa shape index (κ2) is 9.30. The van der Waals surface area contributed by atoms with Gasteiger partial charge in [-0.2, -0.15) is 0 Å². The summed E-state index contributed by atoms with van der Waals surface area (Å²) in [7, 11) is 1.62. The fourth-order valence-corrected chi connectivity index (χ4v) is 2.99. The Labute approximate surface area is 185 Å².